The molecule has 4 aliphatic carbocycles. The Bertz CT molecular complexity index is 4950. The second-order valence-electron chi connectivity index (χ2n) is 13.3. The topological polar surface area (TPSA) is 3.24 Å². The summed E-state index contributed by atoms with van der Waals surface area (Å²) in [7, 11) is 0. The van der Waals surface area contributed by atoms with Crippen molar-refractivity contribution in [2.45, 2.75) is 43.7 Å². The number of hydrogen-bond acceptors (Lipinski definition) is 1. The summed E-state index contributed by atoms with van der Waals surface area (Å²) in [5.41, 5.74) is -33.0. The Hall–Kier alpha value is -6.44. The van der Waals surface area contributed by atoms with Crippen molar-refractivity contribution in [2.24, 2.45) is 0 Å². The molecule has 0 aliphatic heterocycles. The van der Waals surface area contributed by atoms with Gasteiger partial charge in [0.2, 0.25) is 0 Å². The van der Waals surface area contributed by atoms with Gasteiger partial charge in [-0.15, -0.1) is 0 Å². The maximum absolute atomic E-state index is 10.6. The van der Waals surface area contributed by atoms with Crippen molar-refractivity contribution in [3.05, 3.63) is 220 Å². The van der Waals surface area contributed by atoms with Crippen LogP contribution in [0.4, 0.5) is 17.1 Å². The molecule has 266 valence electrons. The minimum absolute atomic E-state index is 0.238. The van der Waals surface area contributed by atoms with Crippen LogP contribution in [0, 0.1) is 0 Å². The molecule has 4 aliphatic rings. The van der Waals surface area contributed by atoms with Crippen molar-refractivity contribution in [1.29, 1.82) is 0 Å². The maximum atomic E-state index is 10.6. The highest BCUT2D eigenvalue weighted by Gasteiger charge is 2.52. The van der Waals surface area contributed by atoms with Crippen LogP contribution < -0.4 is 4.90 Å². The lowest BCUT2D eigenvalue weighted by Gasteiger charge is -2.33. The van der Waals surface area contributed by atoms with Gasteiger partial charge in [0, 0.05) is 44.1 Å². The van der Waals surface area contributed by atoms with E-state index >= 15 is 0 Å². The zero-order valence-electron chi connectivity index (χ0n) is 68.0. The molecule has 0 atom stereocenters. The summed E-state index contributed by atoms with van der Waals surface area (Å²) in [5, 5.41) is 0. The summed E-state index contributed by atoms with van der Waals surface area (Å²) in [6.45, 7) is -16.8. The molecule has 8 aromatic rings. The molecule has 0 fully saturated rings. The Morgan fingerprint density at radius 1 is 0.375 bits per heavy atom. The van der Waals surface area contributed by atoms with Crippen molar-refractivity contribution in [2.75, 3.05) is 4.90 Å². The highest BCUT2D eigenvalue weighted by atomic mass is 15.1. The lowest BCUT2D eigenvalue weighted by Crippen LogP contribution is -2.26. The number of fused-ring (bicyclic) bond motifs is 16. The Balaban J connectivity index is 1.46. The third kappa shape index (κ3) is 3.76. The molecule has 0 heterocycles. The van der Waals surface area contributed by atoms with Gasteiger partial charge in [-0.05, 0) is 102 Å². The zero-order chi connectivity index (χ0) is 71.9. The molecule has 1 spiro atoms. The fourth-order valence-electron chi connectivity index (χ4n) is 8.47. The van der Waals surface area contributed by atoms with Gasteiger partial charge in [-0.3, -0.25) is 0 Å². The van der Waals surface area contributed by atoms with Crippen LogP contribution in [-0.4, -0.2) is 0 Å². The van der Waals surface area contributed by atoms with E-state index in [2.05, 4.69) is 0 Å². The molecular weight excluding hydrogens is 675 g/mol. The van der Waals surface area contributed by atoms with E-state index in [4.69, 9.17) is 11.0 Å². The summed E-state index contributed by atoms with van der Waals surface area (Å²) in [6.07, 6.45) is 0. The molecule has 1 heteroatoms. The van der Waals surface area contributed by atoms with Crippen LogP contribution in [-0.2, 0) is 16.2 Å². The number of anilines is 3. The lowest BCUT2D eigenvalue weighted by atomic mass is 9.70. The van der Waals surface area contributed by atoms with Crippen LogP contribution in [0.2, 0.25) is 0 Å². The lowest BCUT2D eigenvalue weighted by molar-refractivity contribution is 0.660. The molecule has 0 unspecified atom stereocenters. The van der Waals surface area contributed by atoms with E-state index in [0.717, 1.165) is 0 Å². The summed E-state index contributed by atoms with van der Waals surface area (Å²) in [5.74, 6) is 0. The first-order chi connectivity index (χ1) is 44.0. The molecule has 0 saturated carbocycles. The second-order valence-corrected chi connectivity index (χ2v) is 13.3. The SMILES string of the molecule is [2H]c1cc(N(c2c([2H])c([2H])c3c(c2[2H])C(C([2H])([2H])[2H])(C([2H])([2H])[2H])c2c([2H])c([2H])c([2H])c([2H])c2-3)c2c([2H])c([2H])c([2H])c3c2-c2c([2H])c([2H])c([2H])c([2H])c2C3(C([2H])([2H])[2H])C([2H])([2H])[2H])c2c(c1[2H])C1(c3c([2H])c([2H])c([2H])c([2H])c3-2)c2c([2H])c([2H])c([2H])c([2H])c2-c2c([2H])c([2H])c([2H])c([2H])c21. The Morgan fingerprint density at radius 3 is 1.46 bits per heavy atom. The second kappa shape index (κ2) is 10.9. The van der Waals surface area contributed by atoms with Crippen LogP contribution in [0.5, 0.6) is 0 Å². The number of hydrogen-bond donors (Lipinski definition) is 0. The minimum atomic E-state index is -4.20. The van der Waals surface area contributed by atoms with Gasteiger partial charge < -0.3 is 4.90 Å². The molecule has 12 rings (SSSR count). The van der Waals surface area contributed by atoms with Crippen LogP contribution in [0.25, 0.3) is 44.5 Å². The van der Waals surface area contributed by atoms with Crippen LogP contribution in [0.1, 0.15) is 127 Å². The summed E-state index contributed by atoms with van der Waals surface area (Å²) in [4.78, 5) is 0.238. The molecular formula is C55H41N. The van der Waals surface area contributed by atoms with Crippen LogP contribution in [0.3, 0.4) is 0 Å². The van der Waals surface area contributed by atoms with Gasteiger partial charge in [-0.25, -0.2) is 0 Å². The molecule has 8 aromatic carbocycles. The standard InChI is InChI=1S/C55H41N/c1-53(2)42-23-11-8-20-39(42)51-46(53)27-15-29-49(51)56(34-31-32-38-35-17-5-10-22-41(35)54(3,4)48(38)33-34)50-30-16-28-47-52(50)40-21-9-14-26-45(40)55(47)43-24-12-6-18-36(43)37-19-7-13-25-44(37)55/h5-33H,1-4H3/i1D3,2D3,3D3,4D3,5D,6D,7D,8D,9D,10D,11D,12D,13D,14D,15D,16D,17D,18D,19D,20D,21D,22D,23D,24D,25D,26D,27D,28D,29D,31D,32D,33D. The van der Waals surface area contributed by atoms with Crippen molar-refractivity contribution in [3.8, 4) is 44.5 Å². The highest BCUT2D eigenvalue weighted by Crippen LogP contribution is 2.65. The molecule has 0 bridgehead atoms. The summed E-state index contributed by atoms with van der Waals surface area (Å²) in [6, 6.07) is -35.3. The third-order valence-electron chi connectivity index (χ3n) is 10.7. The predicted molar refractivity (Wildman–Crippen MR) is 233 cm³/mol. The number of benzene rings is 8. The van der Waals surface area contributed by atoms with Gasteiger partial charge in [-0.1, -0.05) is 178 Å². The number of nitrogens with zero attached hydrogens (tertiary/aromatic N) is 1. The van der Waals surface area contributed by atoms with Crippen LogP contribution >= 0.6 is 0 Å². The Kier molecular flexibility index (Phi) is 2.24. The van der Waals surface area contributed by atoms with E-state index in [1.165, 1.54) is 0 Å². The third-order valence-corrected chi connectivity index (χ3v) is 10.7. The van der Waals surface area contributed by atoms with Gasteiger partial charge in [0.1, 0.15) is 0 Å². The summed E-state index contributed by atoms with van der Waals surface area (Å²) >= 11 is 0. The van der Waals surface area contributed by atoms with Gasteiger partial charge in [0.05, 0.1) is 55.2 Å². The average Bonchev–Trinajstić information content (AvgIpc) is 1.48. The van der Waals surface area contributed by atoms with E-state index < -0.39 is 319 Å². The Labute approximate surface area is 385 Å². The van der Waals surface area contributed by atoms with E-state index in [1.54, 1.807) is 0 Å². The van der Waals surface area contributed by atoms with E-state index in [-0.39, 0.29) is 4.90 Å². The number of rotatable bonds is 3. The normalized spacial score (nSPS) is 27.0. The van der Waals surface area contributed by atoms with Gasteiger partial charge in [0.25, 0.3) is 0 Å². The first-order valence-electron chi connectivity index (χ1n) is 36.7. The molecule has 0 saturated heterocycles. The first kappa shape index (κ1) is 11.6. The van der Waals surface area contributed by atoms with E-state index in [9.17, 15) is 43.9 Å². The van der Waals surface area contributed by atoms with Crippen molar-refractivity contribution in [3.63, 3.8) is 0 Å². The van der Waals surface area contributed by atoms with Crippen LogP contribution in [0.15, 0.2) is 175 Å². The fourth-order valence-corrected chi connectivity index (χ4v) is 8.47. The van der Waals surface area contributed by atoms with Gasteiger partial charge in [0.15, 0.2) is 0 Å². The highest BCUT2D eigenvalue weighted by molar-refractivity contribution is 6.04. The Morgan fingerprint density at radius 2 is 0.821 bits per heavy atom. The van der Waals surface area contributed by atoms with Crippen molar-refractivity contribution < 1.29 is 54.8 Å². The quantitative estimate of drug-likeness (QED) is 0.174. The predicted octanol–water partition coefficient (Wildman–Crippen LogP) is 14.1. The average molecular weight is 756 g/mol. The first-order valence-corrected chi connectivity index (χ1v) is 16.7. The van der Waals surface area contributed by atoms with Crippen molar-refractivity contribution in [1.82, 2.24) is 0 Å². The summed E-state index contributed by atoms with van der Waals surface area (Å²) < 4.78 is 376. The van der Waals surface area contributed by atoms with E-state index in [1.807, 2.05) is 0 Å². The van der Waals surface area contributed by atoms with Gasteiger partial charge in [-0.2, -0.15) is 0 Å². The van der Waals surface area contributed by atoms with Crippen molar-refractivity contribution >= 4 is 17.1 Å². The molecule has 56 heavy (non-hydrogen) atoms. The molecule has 0 N–H and O–H groups in total. The minimum Gasteiger partial charge on any atom is -0.309 e. The monoisotopic (exact) mass is 756 g/mol. The molecule has 1 nitrogen and oxygen atoms in total. The van der Waals surface area contributed by atoms with E-state index in [0.29, 0.717) is 6.07 Å². The molecule has 0 amide bonds. The largest absolute Gasteiger partial charge is 0.309 e. The molecule has 0 radical (unpaired) electrons. The maximum Gasteiger partial charge on any atom is 0.0726 e. The van der Waals surface area contributed by atoms with Gasteiger partial charge >= 0.3 is 0 Å². The fraction of sp³-hybridized carbons (Fsp3) is 0.127. The molecule has 0 aromatic heterocycles. The zero-order valence-corrected chi connectivity index (χ0v) is 28.0. The smallest absolute Gasteiger partial charge is 0.0726 e.